The summed E-state index contributed by atoms with van der Waals surface area (Å²) in [4.78, 5) is 27.6. The van der Waals surface area contributed by atoms with Gasteiger partial charge in [-0.1, -0.05) is 63.6 Å². The Balaban J connectivity index is 1.52. The molecule has 7 nitrogen and oxygen atoms in total. The van der Waals surface area contributed by atoms with E-state index in [4.69, 9.17) is 18.9 Å². The Morgan fingerprint density at radius 2 is 1.73 bits per heavy atom. The molecule has 1 saturated carbocycles. The van der Waals surface area contributed by atoms with Crippen molar-refractivity contribution in [2.24, 2.45) is 35.5 Å². The lowest BCUT2D eigenvalue weighted by atomic mass is 9.65. The number of aliphatic hydroxyl groups excluding tert-OH is 1. The molecule has 2 unspecified atom stereocenters. The fourth-order valence-corrected chi connectivity index (χ4v) is 8.33. The zero-order valence-corrected chi connectivity index (χ0v) is 27.9. The summed E-state index contributed by atoms with van der Waals surface area (Å²) < 4.78 is 22.9. The number of methoxy groups -OCH3 is 2. The summed E-state index contributed by atoms with van der Waals surface area (Å²) >= 11 is 0. The number of aliphatic hydroxyl groups is 1. The van der Waals surface area contributed by atoms with E-state index in [-0.39, 0.29) is 71.6 Å². The van der Waals surface area contributed by atoms with Crippen LogP contribution in [-0.2, 0) is 35.0 Å². The minimum absolute atomic E-state index is 0.00529. The fraction of sp³-hybridized carbons (Fsp3) is 0.632. The largest absolute Gasteiger partial charge is 0.498 e. The second kappa shape index (κ2) is 14.7. The minimum atomic E-state index is -1.23. The molecule has 1 aromatic carbocycles. The number of hydrogen-bond acceptors (Lipinski definition) is 7. The Morgan fingerprint density at radius 3 is 2.40 bits per heavy atom. The predicted octanol–water partition coefficient (Wildman–Crippen LogP) is 7.18. The molecule has 0 amide bonds. The number of ketones is 1. The highest BCUT2D eigenvalue weighted by Crippen LogP contribution is 2.58. The van der Waals surface area contributed by atoms with Gasteiger partial charge in [0.1, 0.15) is 11.9 Å². The van der Waals surface area contributed by atoms with E-state index in [9.17, 15) is 14.7 Å². The van der Waals surface area contributed by atoms with Crippen LogP contribution in [0, 0.1) is 35.5 Å². The lowest BCUT2D eigenvalue weighted by Gasteiger charge is -2.39. The Bertz CT molecular complexity index is 1310. The van der Waals surface area contributed by atoms with Crippen molar-refractivity contribution in [3.8, 4) is 0 Å². The van der Waals surface area contributed by atoms with Gasteiger partial charge in [0.25, 0.3) is 0 Å². The first-order valence-electron chi connectivity index (χ1n) is 17.1. The standard InChI is InChI=1S/C38H52O7/c1-7-24-13-15-25(16-14-24)30-18-26-17-28(45-38(41)37(43-6)23(4)42-5)19-29(26)31-20-33-32(35(30)31)21-34(39)44-27(8-2)12-10-9-11-22(3)36(33)40/h13-16,18,20,22,26-29,31-32,35,38,41H,7-12,17,19,21H2,1-6H3/b37-23+/t22-,26?,27+,28-,29-,31+,32-,35?,38+/m1/s1. The number of carbonyl (C=O) groups is 2. The summed E-state index contributed by atoms with van der Waals surface area (Å²) in [5.74, 6) is 0.913. The van der Waals surface area contributed by atoms with Gasteiger partial charge in [-0.2, -0.15) is 0 Å². The van der Waals surface area contributed by atoms with Crippen molar-refractivity contribution in [1.82, 2.24) is 0 Å². The molecule has 1 N–H and O–H groups in total. The third-order valence-electron chi connectivity index (χ3n) is 10.9. The quantitative estimate of drug-likeness (QED) is 0.187. The Labute approximate surface area is 269 Å². The molecule has 45 heavy (non-hydrogen) atoms. The van der Waals surface area contributed by atoms with Gasteiger partial charge in [-0.25, -0.2) is 0 Å². The summed E-state index contributed by atoms with van der Waals surface area (Å²) in [7, 11) is 3.04. The summed E-state index contributed by atoms with van der Waals surface area (Å²) in [5, 5.41) is 10.9. The maximum atomic E-state index is 14.1. The number of fused-ring (bicyclic) bond motifs is 5. The number of rotatable bonds is 8. The molecule has 1 heterocycles. The third-order valence-corrected chi connectivity index (χ3v) is 10.9. The first-order chi connectivity index (χ1) is 21.7. The van der Waals surface area contributed by atoms with Crippen molar-refractivity contribution < 1.29 is 33.6 Å². The van der Waals surface area contributed by atoms with Crippen LogP contribution < -0.4 is 0 Å². The monoisotopic (exact) mass is 620 g/mol. The highest BCUT2D eigenvalue weighted by molar-refractivity contribution is 5.99. The summed E-state index contributed by atoms with van der Waals surface area (Å²) in [5.41, 5.74) is 4.44. The summed E-state index contributed by atoms with van der Waals surface area (Å²) in [6.45, 7) is 8.02. The lowest BCUT2D eigenvalue weighted by Crippen LogP contribution is -2.33. The fourth-order valence-electron chi connectivity index (χ4n) is 8.33. The molecule has 7 heteroatoms. The van der Waals surface area contributed by atoms with Gasteiger partial charge in [0, 0.05) is 11.8 Å². The van der Waals surface area contributed by atoms with Crippen molar-refractivity contribution in [3.63, 3.8) is 0 Å². The summed E-state index contributed by atoms with van der Waals surface area (Å²) in [6, 6.07) is 8.76. The van der Waals surface area contributed by atoms with Gasteiger partial charge in [0.05, 0.1) is 26.7 Å². The maximum absolute atomic E-state index is 14.1. The van der Waals surface area contributed by atoms with Crippen molar-refractivity contribution >= 4 is 17.3 Å². The van der Waals surface area contributed by atoms with Crippen molar-refractivity contribution in [2.75, 3.05) is 14.2 Å². The molecule has 0 spiro atoms. The number of esters is 1. The van der Waals surface area contributed by atoms with Crippen LogP contribution in [0.15, 0.2) is 53.5 Å². The maximum Gasteiger partial charge on any atom is 0.306 e. The second-order valence-electron chi connectivity index (χ2n) is 13.5. The van der Waals surface area contributed by atoms with Crippen molar-refractivity contribution in [1.29, 1.82) is 0 Å². The van der Waals surface area contributed by atoms with Crippen LogP contribution in [0.3, 0.4) is 0 Å². The van der Waals surface area contributed by atoms with Crippen LogP contribution in [0.4, 0.5) is 0 Å². The van der Waals surface area contributed by atoms with Gasteiger partial charge in [-0.3, -0.25) is 9.59 Å². The second-order valence-corrected chi connectivity index (χ2v) is 13.5. The molecule has 246 valence electrons. The number of aryl methyl sites for hydroxylation is 1. The molecule has 0 bridgehead atoms. The molecule has 0 radical (unpaired) electrons. The molecule has 3 aliphatic carbocycles. The van der Waals surface area contributed by atoms with Crippen molar-refractivity contribution in [2.45, 2.75) is 104 Å². The molecule has 4 aliphatic rings. The average Bonchev–Trinajstić information content (AvgIpc) is 3.62. The lowest BCUT2D eigenvalue weighted by molar-refractivity contribution is -0.151. The van der Waals surface area contributed by atoms with E-state index in [1.54, 1.807) is 6.92 Å². The topological polar surface area (TPSA) is 91.3 Å². The SMILES string of the molecule is CCc1ccc(C2=CC3C[C@@H](O[C@H](O)/C(OC)=C(/C)OC)C[C@H]3[C@@H]3C=C4C(=O)[C@H](C)CCCC[C@H](CC)OC(=O)C[C@H]4C23)cc1. The number of Topliss-reactive ketones (excluding diaryl/α,β-unsaturated/α-hetero) is 1. The van der Waals surface area contributed by atoms with Gasteiger partial charge in [-0.15, -0.1) is 0 Å². The number of hydrogen-bond donors (Lipinski definition) is 1. The van der Waals surface area contributed by atoms with E-state index in [2.05, 4.69) is 57.2 Å². The van der Waals surface area contributed by atoms with Crippen LogP contribution in [0.25, 0.3) is 5.57 Å². The average molecular weight is 621 g/mol. The van der Waals surface area contributed by atoms with Crippen molar-refractivity contribution in [3.05, 3.63) is 64.6 Å². The van der Waals surface area contributed by atoms with E-state index >= 15 is 0 Å². The summed E-state index contributed by atoms with van der Waals surface area (Å²) in [6.07, 6.45) is 10.2. The molecule has 2 fully saturated rings. The molecule has 5 rings (SSSR count). The first-order valence-corrected chi connectivity index (χ1v) is 17.1. The molecule has 0 aromatic heterocycles. The minimum Gasteiger partial charge on any atom is -0.498 e. The normalized spacial score (nSPS) is 33.2. The number of cyclic esters (lactones) is 1. The highest BCUT2D eigenvalue weighted by atomic mass is 16.6. The molecule has 1 aliphatic heterocycles. The smallest absolute Gasteiger partial charge is 0.306 e. The first kappa shape index (κ1) is 33.5. The molecule has 1 saturated heterocycles. The zero-order valence-electron chi connectivity index (χ0n) is 27.9. The molecule has 9 atom stereocenters. The van der Waals surface area contributed by atoms with E-state index in [0.29, 0.717) is 5.76 Å². The van der Waals surface area contributed by atoms with E-state index in [1.807, 2.05) is 0 Å². The van der Waals surface area contributed by atoms with Gasteiger partial charge in [0.15, 0.2) is 11.5 Å². The van der Waals surface area contributed by atoms with Gasteiger partial charge < -0.3 is 24.1 Å². The molecule has 1 aromatic rings. The number of allylic oxidation sites excluding steroid dienone is 5. The van der Waals surface area contributed by atoms with Gasteiger partial charge >= 0.3 is 5.97 Å². The molecular weight excluding hydrogens is 568 g/mol. The van der Waals surface area contributed by atoms with Crippen LogP contribution in [0.5, 0.6) is 0 Å². The van der Waals surface area contributed by atoms with Gasteiger partial charge in [0.2, 0.25) is 6.29 Å². The van der Waals surface area contributed by atoms with E-state index in [1.165, 1.54) is 25.4 Å². The van der Waals surface area contributed by atoms with Crippen LogP contribution >= 0.6 is 0 Å². The van der Waals surface area contributed by atoms with Crippen LogP contribution in [-0.4, -0.2) is 49.6 Å². The van der Waals surface area contributed by atoms with Gasteiger partial charge in [-0.05, 0) is 97.8 Å². The van der Waals surface area contributed by atoms with Crippen LogP contribution in [0.1, 0.15) is 90.2 Å². The Kier molecular flexibility index (Phi) is 10.9. The Hall–Kier alpha value is -2.90. The number of ether oxygens (including phenoxy) is 4. The van der Waals surface area contributed by atoms with Crippen LogP contribution in [0.2, 0.25) is 0 Å². The third kappa shape index (κ3) is 7.10. The van der Waals surface area contributed by atoms with E-state index < -0.39 is 6.29 Å². The van der Waals surface area contributed by atoms with E-state index in [0.717, 1.165) is 62.5 Å². The molecular formula is C38H52O7. The highest BCUT2D eigenvalue weighted by Gasteiger charge is 2.53. The zero-order chi connectivity index (χ0) is 32.2. The predicted molar refractivity (Wildman–Crippen MR) is 174 cm³/mol. The Morgan fingerprint density at radius 1 is 1.00 bits per heavy atom. The number of benzene rings is 1. The number of carbonyl (C=O) groups excluding carboxylic acids is 2.